The number of carbonyl (C=O) groups is 2. The van der Waals surface area contributed by atoms with Gasteiger partial charge in [-0.25, -0.2) is 9.59 Å². The molecule has 0 aromatic heterocycles. The van der Waals surface area contributed by atoms with E-state index in [1.54, 1.807) is 20.8 Å². The van der Waals surface area contributed by atoms with Gasteiger partial charge in [-0.3, -0.25) is 0 Å². The Labute approximate surface area is 121 Å². The second kappa shape index (κ2) is 6.02. The predicted molar refractivity (Wildman–Crippen MR) is 78.6 cm³/mol. The molecule has 0 aliphatic heterocycles. The molecule has 2 amide bonds. The first-order chi connectivity index (χ1) is 9.01. The van der Waals surface area contributed by atoms with Crippen molar-refractivity contribution in [1.82, 2.24) is 10.6 Å². The number of urea groups is 1. The monoisotopic (exact) mass is 284 g/mol. The van der Waals surface area contributed by atoms with Crippen LogP contribution in [0, 0.1) is 10.8 Å². The zero-order valence-corrected chi connectivity index (χ0v) is 13.2. The minimum Gasteiger partial charge on any atom is -0.480 e. The highest BCUT2D eigenvalue weighted by Crippen LogP contribution is 2.34. The third-order valence-corrected chi connectivity index (χ3v) is 4.06. The quantitative estimate of drug-likeness (QED) is 0.745. The van der Waals surface area contributed by atoms with Crippen LogP contribution < -0.4 is 10.6 Å². The molecule has 1 aliphatic rings. The summed E-state index contributed by atoms with van der Waals surface area (Å²) in [4.78, 5) is 23.2. The van der Waals surface area contributed by atoms with Crippen LogP contribution in [0.1, 0.15) is 60.3 Å². The van der Waals surface area contributed by atoms with Crippen LogP contribution in [0.5, 0.6) is 0 Å². The first kappa shape index (κ1) is 16.8. The lowest BCUT2D eigenvalue weighted by atomic mass is 9.75. The van der Waals surface area contributed by atoms with Gasteiger partial charge in [0.15, 0.2) is 0 Å². The average Bonchev–Trinajstić information content (AvgIpc) is 2.27. The largest absolute Gasteiger partial charge is 0.480 e. The van der Waals surface area contributed by atoms with Crippen molar-refractivity contribution in [3.05, 3.63) is 0 Å². The lowest BCUT2D eigenvalue weighted by molar-refractivity contribution is -0.141. The van der Waals surface area contributed by atoms with Crippen LogP contribution in [0.4, 0.5) is 4.79 Å². The maximum absolute atomic E-state index is 11.9. The smallest absolute Gasteiger partial charge is 0.326 e. The summed E-state index contributed by atoms with van der Waals surface area (Å²) >= 11 is 0. The van der Waals surface area contributed by atoms with Gasteiger partial charge in [-0.1, -0.05) is 34.6 Å². The molecule has 1 saturated carbocycles. The number of amides is 2. The van der Waals surface area contributed by atoms with Crippen molar-refractivity contribution in [3.8, 4) is 0 Å². The molecule has 0 saturated heterocycles. The molecule has 1 atom stereocenters. The van der Waals surface area contributed by atoms with Crippen molar-refractivity contribution < 1.29 is 14.7 Å². The summed E-state index contributed by atoms with van der Waals surface area (Å²) in [6, 6.07) is -1.11. The van der Waals surface area contributed by atoms with Gasteiger partial charge in [0.25, 0.3) is 0 Å². The van der Waals surface area contributed by atoms with Gasteiger partial charge in [0.1, 0.15) is 6.04 Å². The Kier molecular flexibility index (Phi) is 5.05. The van der Waals surface area contributed by atoms with Gasteiger partial charge in [0, 0.05) is 6.04 Å². The first-order valence-electron chi connectivity index (χ1n) is 7.31. The van der Waals surface area contributed by atoms with Gasteiger partial charge in [-0.2, -0.15) is 0 Å². The molecule has 0 spiro atoms. The van der Waals surface area contributed by atoms with Gasteiger partial charge in [0.2, 0.25) is 0 Å². The number of carboxylic acid groups (broad SMARTS) is 1. The zero-order chi connectivity index (χ0) is 15.6. The number of nitrogens with one attached hydrogen (secondary N) is 2. The molecule has 0 aromatic carbocycles. The van der Waals surface area contributed by atoms with Crippen molar-refractivity contribution in [2.24, 2.45) is 10.8 Å². The van der Waals surface area contributed by atoms with Crippen molar-refractivity contribution in [1.29, 1.82) is 0 Å². The molecule has 5 nitrogen and oxygen atoms in total. The fraction of sp³-hybridized carbons (Fsp3) is 0.867. The minimum atomic E-state index is -1.00. The molecule has 0 aromatic rings. The summed E-state index contributed by atoms with van der Waals surface area (Å²) in [5, 5.41) is 14.7. The van der Waals surface area contributed by atoms with Gasteiger partial charge in [-0.15, -0.1) is 0 Å². The number of hydrogen-bond donors (Lipinski definition) is 3. The molecule has 0 radical (unpaired) electrons. The summed E-state index contributed by atoms with van der Waals surface area (Å²) in [6.07, 6.45) is 4.07. The SMILES string of the molecule is CC1(C)CCC(NC(=O)NC(C(=O)O)C(C)(C)C)CC1. The Morgan fingerprint density at radius 2 is 1.70 bits per heavy atom. The summed E-state index contributed by atoms with van der Waals surface area (Å²) in [5.41, 5.74) is -0.165. The van der Waals surface area contributed by atoms with E-state index < -0.39 is 17.4 Å². The molecule has 3 N–H and O–H groups in total. The van der Waals surface area contributed by atoms with Crippen LogP contribution >= 0.6 is 0 Å². The van der Waals surface area contributed by atoms with Gasteiger partial charge in [0.05, 0.1) is 0 Å². The van der Waals surface area contributed by atoms with Crippen molar-refractivity contribution in [2.45, 2.75) is 72.4 Å². The van der Waals surface area contributed by atoms with E-state index in [1.165, 1.54) is 0 Å². The lowest BCUT2D eigenvalue weighted by Crippen LogP contribution is -2.54. The van der Waals surface area contributed by atoms with Gasteiger partial charge < -0.3 is 15.7 Å². The van der Waals surface area contributed by atoms with E-state index in [9.17, 15) is 14.7 Å². The maximum atomic E-state index is 11.9. The normalized spacial score (nSPS) is 21.1. The molecule has 1 aliphatic carbocycles. The van der Waals surface area contributed by atoms with E-state index in [2.05, 4.69) is 24.5 Å². The van der Waals surface area contributed by atoms with Gasteiger partial charge >= 0.3 is 12.0 Å². The fourth-order valence-electron chi connectivity index (χ4n) is 2.55. The van der Waals surface area contributed by atoms with E-state index in [1.807, 2.05) is 0 Å². The molecule has 0 bridgehead atoms. The molecule has 20 heavy (non-hydrogen) atoms. The van der Waals surface area contributed by atoms with Crippen LogP contribution in [-0.4, -0.2) is 29.2 Å². The molecular formula is C15H28N2O3. The highest BCUT2D eigenvalue weighted by atomic mass is 16.4. The zero-order valence-electron chi connectivity index (χ0n) is 13.2. The average molecular weight is 284 g/mol. The van der Waals surface area contributed by atoms with Crippen molar-refractivity contribution in [3.63, 3.8) is 0 Å². The number of hydrogen-bond acceptors (Lipinski definition) is 2. The standard InChI is InChI=1S/C15H28N2O3/c1-14(2,3)11(12(18)19)17-13(20)16-10-6-8-15(4,5)9-7-10/h10-11H,6-9H2,1-5H3,(H,18,19)(H2,16,17,20). The summed E-state index contributed by atoms with van der Waals surface area (Å²) < 4.78 is 0. The molecule has 1 unspecified atom stereocenters. The number of carboxylic acids is 1. The van der Waals surface area contributed by atoms with E-state index in [0.29, 0.717) is 5.41 Å². The van der Waals surface area contributed by atoms with Crippen LogP contribution in [0.2, 0.25) is 0 Å². The molecule has 116 valence electrons. The molecule has 1 rings (SSSR count). The topological polar surface area (TPSA) is 78.4 Å². The molecule has 5 heteroatoms. The third-order valence-electron chi connectivity index (χ3n) is 4.06. The summed E-state index contributed by atoms with van der Waals surface area (Å²) in [6.45, 7) is 9.88. The number of carbonyl (C=O) groups excluding carboxylic acids is 1. The van der Waals surface area contributed by atoms with Gasteiger partial charge in [-0.05, 0) is 36.5 Å². The predicted octanol–water partition coefficient (Wildman–Crippen LogP) is 2.75. The lowest BCUT2D eigenvalue weighted by Gasteiger charge is -2.35. The van der Waals surface area contributed by atoms with E-state index in [0.717, 1.165) is 25.7 Å². The summed E-state index contributed by atoms with van der Waals surface area (Å²) in [5.74, 6) is -1.00. The molecule has 1 fully saturated rings. The summed E-state index contributed by atoms with van der Waals surface area (Å²) in [7, 11) is 0. The number of aliphatic carboxylic acids is 1. The van der Waals surface area contributed by atoms with Crippen molar-refractivity contribution >= 4 is 12.0 Å². The molecular weight excluding hydrogens is 256 g/mol. The van der Waals surface area contributed by atoms with Crippen LogP contribution in [0.15, 0.2) is 0 Å². The van der Waals surface area contributed by atoms with Crippen LogP contribution in [0.3, 0.4) is 0 Å². The van der Waals surface area contributed by atoms with E-state index in [4.69, 9.17) is 0 Å². The fourth-order valence-corrected chi connectivity index (χ4v) is 2.55. The number of rotatable bonds is 3. The Morgan fingerprint density at radius 3 is 2.10 bits per heavy atom. The van der Waals surface area contributed by atoms with E-state index in [-0.39, 0.29) is 12.1 Å². The Hall–Kier alpha value is -1.26. The minimum absolute atomic E-state index is 0.150. The van der Waals surface area contributed by atoms with Crippen molar-refractivity contribution in [2.75, 3.05) is 0 Å². The third kappa shape index (κ3) is 5.02. The maximum Gasteiger partial charge on any atom is 0.326 e. The first-order valence-corrected chi connectivity index (χ1v) is 7.31. The Balaban J connectivity index is 2.49. The second-order valence-electron chi connectivity index (χ2n) is 7.69. The molecule has 0 heterocycles. The van der Waals surface area contributed by atoms with E-state index >= 15 is 0 Å². The Morgan fingerprint density at radius 1 is 1.20 bits per heavy atom. The highest BCUT2D eigenvalue weighted by Gasteiger charge is 2.33. The highest BCUT2D eigenvalue weighted by molar-refractivity contribution is 5.83. The Bertz CT molecular complexity index is 362. The van der Waals surface area contributed by atoms with Crippen LogP contribution in [0.25, 0.3) is 0 Å². The second-order valence-corrected chi connectivity index (χ2v) is 7.69. The van der Waals surface area contributed by atoms with Crippen LogP contribution in [-0.2, 0) is 4.79 Å².